The van der Waals surface area contributed by atoms with Crippen LogP contribution in [-0.4, -0.2) is 56.5 Å². The Bertz CT molecular complexity index is 973. The van der Waals surface area contributed by atoms with Crippen LogP contribution in [0, 0.1) is 5.82 Å². The molecule has 1 fully saturated rings. The van der Waals surface area contributed by atoms with E-state index in [1.54, 1.807) is 12.3 Å². The van der Waals surface area contributed by atoms with E-state index in [1.807, 2.05) is 6.07 Å². The lowest BCUT2D eigenvalue weighted by Crippen LogP contribution is -2.46. The molecule has 0 aliphatic carbocycles. The first-order valence-corrected chi connectivity index (χ1v) is 10.9. The molecule has 1 saturated heterocycles. The zero-order valence-corrected chi connectivity index (χ0v) is 17.1. The molecule has 0 radical (unpaired) electrons. The molecular weight excluding hydrogens is 424 g/mol. The van der Waals surface area contributed by atoms with Gasteiger partial charge in [-0.05, 0) is 36.4 Å². The molecule has 0 bridgehead atoms. The van der Waals surface area contributed by atoms with Crippen molar-refractivity contribution in [3.63, 3.8) is 0 Å². The fraction of sp³-hybridized carbons (Fsp3) is 0.421. The summed E-state index contributed by atoms with van der Waals surface area (Å²) in [6.07, 6.45) is 1.58. The normalized spacial score (nSPS) is 16.0. The van der Waals surface area contributed by atoms with Gasteiger partial charge in [0.1, 0.15) is 16.5 Å². The van der Waals surface area contributed by atoms with Gasteiger partial charge in [-0.15, -0.1) is 0 Å². The summed E-state index contributed by atoms with van der Waals surface area (Å²) in [5.41, 5.74) is -5.21. The van der Waals surface area contributed by atoms with Crippen molar-refractivity contribution in [1.82, 2.24) is 9.88 Å². The highest BCUT2D eigenvalue weighted by atomic mass is 32.2. The Hall–Kier alpha value is -2.40. The summed E-state index contributed by atoms with van der Waals surface area (Å²) in [5, 5.41) is 2.64. The van der Waals surface area contributed by atoms with E-state index in [0.717, 1.165) is 50.7 Å². The van der Waals surface area contributed by atoms with E-state index in [2.05, 4.69) is 27.0 Å². The second kappa shape index (κ2) is 8.76. The molecule has 0 saturated carbocycles. The molecule has 0 amide bonds. The van der Waals surface area contributed by atoms with E-state index in [1.165, 1.54) is 0 Å². The molecule has 0 unspecified atom stereocenters. The number of nitrogens with zero attached hydrogens (tertiary/aromatic N) is 3. The minimum atomic E-state index is -5.69. The number of alkyl halides is 3. The number of sulfone groups is 1. The lowest BCUT2D eigenvalue weighted by atomic mass is 10.2. The van der Waals surface area contributed by atoms with E-state index >= 15 is 0 Å². The summed E-state index contributed by atoms with van der Waals surface area (Å²) in [7, 11) is -5.69. The van der Waals surface area contributed by atoms with E-state index in [-0.39, 0.29) is 12.2 Å². The summed E-state index contributed by atoms with van der Waals surface area (Å²) in [6, 6.07) is 5.82. The van der Waals surface area contributed by atoms with Gasteiger partial charge in [0.05, 0.1) is 5.69 Å². The summed E-state index contributed by atoms with van der Waals surface area (Å²) in [4.78, 5) is 7.74. The van der Waals surface area contributed by atoms with Crippen LogP contribution in [0.5, 0.6) is 0 Å². The molecule has 6 nitrogen and oxygen atoms in total. The van der Waals surface area contributed by atoms with Gasteiger partial charge < -0.3 is 15.1 Å². The third-order valence-electron chi connectivity index (χ3n) is 4.97. The maximum atomic E-state index is 13.4. The van der Waals surface area contributed by atoms with Crippen molar-refractivity contribution in [2.24, 2.45) is 0 Å². The fourth-order valence-electron chi connectivity index (χ4n) is 3.19. The Morgan fingerprint density at radius 2 is 1.80 bits per heavy atom. The number of anilines is 2. The van der Waals surface area contributed by atoms with Crippen molar-refractivity contribution < 1.29 is 26.0 Å². The van der Waals surface area contributed by atoms with Gasteiger partial charge in [0.2, 0.25) is 0 Å². The zero-order valence-electron chi connectivity index (χ0n) is 16.3. The average Bonchev–Trinajstić information content (AvgIpc) is 2.72. The highest BCUT2D eigenvalue weighted by molar-refractivity contribution is 7.92. The number of aromatic nitrogens is 1. The number of rotatable bonds is 6. The minimum Gasteiger partial charge on any atom is -0.380 e. The summed E-state index contributed by atoms with van der Waals surface area (Å²) >= 11 is 0. The van der Waals surface area contributed by atoms with E-state index in [4.69, 9.17) is 0 Å². The van der Waals surface area contributed by atoms with Gasteiger partial charge >= 0.3 is 5.51 Å². The molecule has 3 rings (SSSR count). The molecule has 0 spiro atoms. The Labute approximate surface area is 172 Å². The highest BCUT2D eigenvalue weighted by Gasteiger charge is 2.48. The summed E-state index contributed by atoms with van der Waals surface area (Å²) in [6.45, 7) is 6.75. The molecule has 2 aromatic rings. The Kier molecular flexibility index (Phi) is 6.51. The van der Waals surface area contributed by atoms with E-state index in [9.17, 15) is 26.0 Å². The first kappa shape index (κ1) is 22.3. The molecule has 164 valence electrons. The molecule has 1 aliphatic heterocycles. The van der Waals surface area contributed by atoms with Crippen molar-refractivity contribution in [1.29, 1.82) is 0 Å². The number of pyridine rings is 1. The third kappa shape index (κ3) is 4.84. The SMILES string of the molecule is CCN1CCN(c2ccc(CNc3ccc(F)cc3S(=O)(=O)C(F)(F)F)cn2)CC1. The van der Waals surface area contributed by atoms with Gasteiger partial charge in [-0.2, -0.15) is 13.2 Å². The van der Waals surface area contributed by atoms with Crippen LogP contribution in [-0.2, 0) is 16.4 Å². The summed E-state index contributed by atoms with van der Waals surface area (Å²) < 4.78 is 75.6. The topological polar surface area (TPSA) is 65.5 Å². The number of nitrogens with one attached hydrogen (secondary N) is 1. The number of hydrogen-bond donors (Lipinski definition) is 1. The van der Waals surface area contributed by atoms with Crippen molar-refractivity contribution in [3.05, 3.63) is 47.9 Å². The van der Waals surface area contributed by atoms with Gasteiger partial charge in [-0.1, -0.05) is 13.0 Å². The first-order chi connectivity index (χ1) is 14.1. The molecule has 11 heteroatoms. The molecule has 0 atom stereocenters. The Morgan fingerprint density at radius 1 is 1.10 bits per heavy atom. The van der Waals surface area contributed by atoms with Crippen LogP contribution in [0.3, 0.4) is 0 Å². The van der Waals surface area contributed by atoms with Crippen LogP contribution in [0.4, 0.5) is 29.1 Å². The lowest BCUT2D eigenvalue weighted by molar-refractivity contribution is -0.0435. The quantitative estimate of drug-likeness (QED) is 0.688. The maximum absolute atomic E-state index is 13.4. The second-order valence-electron chi connectivity index (χ2n) is 6.89. The minimum absolute atomic E-state index is 0.0307. The maximum Gasteiger partial charge on any atom is 0.501 e. The van der Waals surface area contributed by atoms with Crippen molar-refractivity contribution >= 4 is 21.3 Å². The predicted octanol–water partition coefficient (Wildman–Crippen LogP) is 3.27. The molecule has 2 heterocycles. The van der Waals surface area contributed by atoms with Crippen LogP contribution < -0.4 is 10.2 Å². The number of likely N-dealkylation sites (N-methyl/N-ethyl adjacent to an activating group) is 1. The second-order valence-corrected chi connectivity index (χ2v) is 8.80. The van der Waals surface area contributed by atoms with Crippen LogP contribution in [0.2, 0.25) is 0 Å². The van der Waals surface area contributed by atoms with Crippen LogP contribution in [0.15, 0.2) is 41.4 Å². The smallest absolute Gasteiger partial charge is 0.380 e. The van der Waals surface area contributed by atoms with Gasteiger partial charge in [-0.3, -0.25) is 0 Å². The van der Waals surface area contributed by atoms with E-state index in [0.29, 0.717) is 11.6 Å². The van der Waals surface area contributed by atoms with Crippen LogP contribution in [0.1, 0.15) is 12.5 Å². The molecule has 1 aromatic carbocycles. The lowest BCUT2D eigenvalue weighted by Gasteiger charge is -2.34. The molecule has 1 N–H and O–H groups in total. The van der Waals surface area contributed by atoms with Gasteiger partial charge in [0.15, 0.2) is 0 Å². The largest absolute Gasteiger partial charge is 0.501 e. The van der Waals surface area contributed by atoms with Crippen molar-refractivity contribution in [3.8, 4) is 0 Å². The molecular formula is C19H22F4N4O2S. The Morgan fingerprint density at radius 3 is 2.37 bits per heavy atom. The zero-order chi connectivity index (χ0) is 21.9. The number of hydrogen-bond acceptors (Lipinski definition) is 6. The standard InChI is InChI=1S/C19H22F4N4O2S/c1-2-26-7-9-27(10-8-26)18-6-3-14(13-25-18)12-24-16-5-4-15(20)11-17(16)30(28,29)19(21,22)23/h3-6,11,13,24H,2,7-10,12H2,1H3. The van der Waals surface area contributed by atoms with Gasteiger partial charge in [-0.25, -0.2) is 17.8 Å². The third-order valence-corrected chi connectivity index (χ3v) is 6.50. The van der Waals surface area contributed by atoms with Gasteiger partial charge in [0.25, 0.3) is 9.84 Å². The predicted molar refractivity (Wildman–Crippen MR) is 106 cm³/mol. The van der Waals surface area contributed by atoms with E-state index < -0.39 is 26.1 Å². The summed E-state index contributed by atoms with van der Waals surface area (Å²) in [5.74, 6) is -0.269. The molecule has 1 aromatic heterocycles. The fourth-order valence-corrected chi connectivity index (χ4v) is 4.13. The highest BCUT2D eigenvalue weighted by Crippen LogP contribution is 2.35. The van der Waals surface area contributed by atoms with Crippen molar-refractivity contribution in [2.75, 3.05) is 42.9 Å². The first-order valence-electron chi connectivity index (χ1n) is 9.39. The monoisotopic (exact) mass is 446 g/mol. The van der Waals surface area contributed by atoms with Gasteiger partial charge in [0, 0.05) is 38.9 Å². The average molecular weight is 446 g/mol. The Balaban J connectivity index is 1.71. The van der Waals surface area contributed by atoms with Crippen molar-refractivity contribution in [2.45, 2.75) is 23.9 Å². The molecule has 1 aliphatic rings. The number of halogens is 4. The number of benzene rings is 1. The molecule has 30 heavy (non-hydrogen) atoms. The van der Waals surface area contributed by atoms with Crippen LogP contribution >= 0.6 is 0 Å². The number of piperazine rings is 1. The van der Waals surface area contributed by atoms with Crippen LogP contribution in [0.25, 0.3) is 0 Å².